The third kappa shape index (κ3) is 8.74. The third-order valence-corrected chi connectivity index (χ3v) is 4.61. The van der Waals surface area contributed by atoms with E-state index in [2.05, 4.69) is 16.0 Å². The van der Waals surface area contributed by atoms with Crippen molar-refractivity contribution in [1.29, 1.82) is 0 Å². The first-order valence-corrected chi connectivity index (χ1v) is 10.8. The average molecular weight is 444 g/mol. The fourth-order valence-corrected chi connectivity index (χ4v) is 2.88. The number of imide groups is 1. The van der Waals surface area contributed by atoms with Crippen LogP contribution in [0.4, 0.5) is 4.79 Å². The molecule has 0 aromatic heterocycles. The van der Waals surface area contributed by atoms with Crippen molar-refractivity contribution in [1.82, 2.24) is 16.0 Å². The Kier molecular flexibility index (Phi) is 10.5. The van der Waals surface area contributed by atoms with E-state index >= 15 is 0 Å². The molecule has 3 N–H and O–H groups in total. The highest BCUT2D eigenvalue weighted by molar-refractivity contribution is 7.98. The summed E-state index contributed by atoms with van der Waals surface area (Å²) in [5.41, 5.74) is 0.229. The van der Waals surface area contributed by atoms with Gasteiger partial charge in [-0.15, -0.1) is 0 Å². The summed E-state index contributed by atoms with van der Waals surface area (Å²) in [7, 11) is 0. The van der Waals surface area contributed by atoms with E-state index in [1.807, 2.05) is 6.26 Å². The van der Waals surface area contributed by atoms with Crippen LogP contribution in [0.2, 0.25) is 5.02 Å². The van der Waals surface area contributed by atoms with Crippen molar-refractivity contribution in [3.8, 4) is 0 Å². The van der Waals surface area contributed by atoms with E-state index in [1.165, 1.54) is 24.8 Å². The molecule has 0 aliphatic rings. The normalized spacial score (nSPS) is 12.6. The molecule has 0 aliphatic carbocycles. The number of carbonyl (C=O) groups excluding carboxylic acids is 4. The summed E-state index contributed by atoms with van der Waals surface area (Å²) in [5.74, 6) is -1.48. The molecule has 2 unspecified atom stereocenters. The van der Waals surface area contributed by atoms with Crippen LogP contribution in [0, 0.1) is 0 Å². The van der Waals surface area contributed by atoms with Crippen molar-refractivity contribution in [3.63, 3.8) is 0 Å². The Balaban J connectivity index is 2.75. The maximum Gasteiger partial charge on any atom is 0.329 e. The molecule has 0 fully saturated rings. The van der Waals surface area contributed by atoms with Gasteiger partial charge in [-0.25, -0.2) is 9.59 Å². The van der Waals surface area contributed by atoms with Crippen LogP contribution in [0.5, 0.6) is 0 Å². The number of halogens is 1. The van der Waals surface area contributed by atoms with Gasteiger partial charge in [0.25, 0.3) is 11.8 Å². The van der Waals surface area contributed by atoms with E-state index in [-0.39, 0.29) is 16.6 Å². The number of benzene rings is 1. The van der Waals surface area contributed by atoms with Gasteiger partial charge in [-0.3, -0.25) is 14.9 Å². The first kappa shape index (κ1) is 24.8. The zero-order valence-corrected chi connectivity index (χ0v) is 18.4. The maximum atomic E-state index is 12.5. The molecule has 0 saturated carbocycles. The summed E-state index contributed by atoms with van der Waals surface area (Å²) in [6.45, 7) is 4.83. The van der Waals surface area contributed by atoms with Crippen LogP contribution in [-0.4, -0.2) is 54.0 Å². The highest BCUT2D eigenvalue weighted by Crippen LogP contribution is 2.15. The zero-order valence-electron chi connectivity index (χ0n) is 16.8. The van der Waals surface area contributed by atoms with Gasteiger partial charge in [-0.1, -0.05) is 23.7 Å². The second-order valence-corrected chi connectivity index (χ2v) is 7.88. The average Bonchev–Trinajstić information content (AvgIpc) is 2.64. The Labute approximate surface area is 179 Å². The molecule has 0 heterocycles. The van der Waals surface area contributed by atoms with Gasteiger partial charge in [0.15, 0.2) is 6.10 Å². The number of hydrogen-bond donors (Lipinski definition) is 3. The van der Waals surface area contributed by atoms with E-state index in [1.54, 1.807) is 32.0 Å². The molecule has 1 rings (SSSR count). The minimum atomic E-state index is -1.21. The molecule has 8 nitrogen and oxygen atoms in total. The molecule has 2 atom stereocenters. The lowest BCUT2D eigenvalue weighted by molar-refractivity contribution is -0.156. The summed E-state index contributed by atoms with van der Waals surface area (Å²) in [4.78, 5) is 48.6. The Morgan fingerprint density at radius 3 is 2.34 bits per heavy atom. The molecule has 4 amide bonds. The standard InChI is InChI=1S/C19H26ClN3O5S/c1-11(2)21-19(27)23-16(24)12(3)28-18(26)15(9-10-29-4)22-17(25)13-7-5-6-8-14(13)20/h5-8,11-12,15H,9-10H2,1-4H3,(H,22,25)(H2,21,23,24,27). The Morgan fingerprint density at radius 1 is 1.10 bits per heavy atom. The van der Waals surface area contributed by atoms with Crippen LogP contribution < -0.4 is 16.0 Å². The first-order valence-electron chi connectivity index (χ1n) is 9.01. The smallest absolute Gasteiger partial charge is 0.329 e. The number of thioether (sulfide) groups is 1. The molecular weight excluding hydrogens is 418 g/mol. The molecule has 0 saturated heterocycles. The second-order valence-electron chi connectivity index (χ2n) is 6.48. The van der Waals surface area contributed by atoms with Crippen LogP contribution in [0.3, 0.4) is 0 Å². The third-order valence-electron chi connectivity index (χ3n) is 3.64. The van der Waals surface area contributed by atoms with E-state index in [9.17, 15) is 19.2 Å². The summed E-state index contributed by atoms with van der Waals surface area (Å²) in [6, 6.07) is 4.65. The molecule has 29 heavy (non-hydrogen) atoms. The summed E-state index contributed by atoms with van der Waals surface area (Å²) in [6.07, 6.45) is 0.953. The lowest BCUT2D eigenvalue weighted by atomic mass is 10.1. The molecule has 0 aliphatic heterocycles. The summed E-state index contributed by atoms with van der Waals surface area (Å²) < 4.78 is 5.16. The minimum absolute atomic E-state index is 0.156. The van der Waals surface area contributed by atoms with Crippen LogP contribution in [0.1, 0.15) is 37.6 Å². The van der Waals surface area contributed by atoms with Crippen molar-refractivity contribution in [3.05, 3.63) is 34.9 Å². The Hall–Kier alpha value is -2.26. The van der Waals surface area contributed by atoms with Gasteiger partial charge in [0, 0.05) is 6.04 Å². The van der Waals surface area contributed by atoms with Crippen molar-refractivity contribution >= 4 is 47.2 Å². The van der Waals surface area contributed by atoms with Gasteiger partial charge in [-0.2, -0.15) is 11.8 Å². The topological polar surface area (TPSA) is 114 Å². The first-order chi connectivity index (χ1) is 13.6. The van der Waals surface area contributed by atoms with Crippen molar-refractivity contribution < 1.29 is 23.9 Å². The number of esters is 1. The summed E-state index contributed by atoms with van der Waals surface area (Å²) in [5, 5.41) is 7.45. The van der Waals surface area contributed by atoms with Gasteiger partial charge in [0.1, 0.15) is 6.04 Å². The number of ether oxygens (including phenoxy) is 1. The number of nitrogens with one attached hydrogen (secondary N) is 3. The van der Waals surface area contributed by atoms with Crippen LogP contribution >= 0.6 is 23.4 Å². The quantitative estimate of drug-likeness (QED) is 0.505. The number of hydrogen-bond acceptors (Lipinski definition) is 6. The van der Waals surface area contributed by atoms with Crippen LogP contribution in [-0.2, 0) is 14.3 Å². The predicted octanol–water partition coefficient (Wildman–Crippen LogP) is 2.36. The zero-order chi connectivity index (χ0) is 22.0. The molecule has 1 aromatic carbocycles. The van der Waals surface area contributed by atoms with Crippen molar-refractivity contribution in [2.24, 2.45) is 0 Å². The Morgan fingerprint density at radius 2 is 1.76 bits per heavy atom. The fraction of sp³-hybridized carbons (Fsp3) is 0.474. The van der Waals surface area contributed by atoms with Gasteiger partial charge in [-0.05, 0) is 51.3 Å². The highest BCUT2D eigenvalue weighted by atomic mass is 35.5. The lowest BCUT2D eigenvalue weighted by Gasteiger charge is -2.20. The minimum Gasteiger partial charge on any atom is -0.451 e. The van der Waals surface area contributed by atoms with E-state index < -0.39 is 36.0 Å². The molecule has 0 spiro atoms. The van der Waals surface area contributed by atoms with Crippen LogP contribution in [0.15, 0.2) is 24.3 Å². The van der Waals surface area contributed by atoms with Gasteiger partial charge < -0.3 is 15.4 Å². The van der Waals surface area contributed by atoms with Crippen molar-refractivity contribution in [2.45, 2.75) is 45.4 Å². The summed E-state index contributed by atoms with van der Waals surface area (Å²) >= 11 is 7.52. The van der Waals surface area contributed by atoms with E-state index in [0.29, 0.717) is 12.2 Å². The maximum absolute atomic E-state index is 12.5. The van der Waals surface area contributed by atoms with Gasteiger partial charge in [0.05, 0.1) is 10.6 Å². The lowest BCUT2D eigenvalue weighted by Crippen LogP contribution is -2.48. The number of rotatable bonds is 9. The molecular formula is C19H26ClN3O5S. The second kappa shape index (κ2) is 12.3. The van der Waals surface area contributed by atoms with Gasteiger partial charge in [0.2, 0.25) is 0 Å². The van der Waals surface area contributed by atoms with E-state index in [0.717, 1.165) is 0 Å². The van der Waals surface area contributed by atoms with Crippen LogP contribution in [0.25, 0.3) is 0 Å². The fourth-order valence-electron chi connectivity index (χ4n) is 2.19. The SMILES string of the molecule is CSCCC(NC(=O)c1ccccc1Cl)C(=O)OC(C)C(=O)NC(=O)NC(C)C. The van der Waals surface area contributed by atoms with E-state index in [4.69, 9.17) is 16.3 Å². The Bertz CT molecular complexity index is 744. The van der Waals surface area contributed by atoms with Gasteiger partial charge >= 0.3 is 12.0 Å². The molecule has 0 bridgehead atoms. The number of amides is 4. The molecule has 0 radical (unpaired) electrons. The molecule has 1 aromatic rings. The van der Waals surface area contributed by atoms with Crippen molar-refractivity contribution in [2.75, 3.05) is 12.0 Å². The number of urea groups is 1. The molecule has 160 valence electrons. The molecule has 10 heteroatoms. The largest absolute Gasteiger partial charge is 0.451 e. The highest BCUT2D eigenvalue weighted by Gasteiger charge is 2.27. The number of carbonyl (C=O) groups is 4. The predicted molar refractivity (Wildman–Crippen MR) is 113 cm³/mol. The monoisotopic (exact) mass is 443 g/mol.